The molecule has 0 atom stereocenters. The van der Waals surface area contributed by atoms with E-state index in [1.165, 1.54) is 7.11 Å². The Kier molecular flexibility index (Phi) is 3.19. The average molecular weight is 204 g/mol. The Morgan fingerprint density at radius 2 is 2.29 bits per heavy atom. The van der Waals surface area contributed by atoms with E-state index in [1.54, 1.807) is 0 Å². The number of aromatic hydroxyl groups is 1. The molecule has 0 aromatic carbocycles. The maximum atomic E-state index is 12.4. The van der Waals surface area contributed by atoms with Gasteiger partial charge in [-0.2, -0.15) is 0 Å². The molecule has 1 aromatic rings. The molecule has 1 aromatic heterocycles. The summed E-state index contributed by atoms with van der Waals surface area (Å²) in [6, 6.07) is 0. The highest BCUT2D eigenvalue weighted by Crippen LogP contribution is 2.33. The monoisotopic (exact) mass is 204 g/mol. The maximum absolute atomic E-state index is 12.4. The lowest BCUT2D eigenvalue weighted by atomic mass is 10.1. The first-order valence-corrected chi connectivity index (χ1v) is 3.84. The van der Waals surface area contributed by atoms with Crippen LogP contribution in [0.3, 0.4) is 0 Å². The molecule has 0 aliphatic carbocycles. The summed E-state index contributed by atoms with van der Waals surface area (Å²) in [6.07, 6.45) is -1.76. The predicted octanol–water partition coefficient (Wildman–Crippen LogP) is 1.19. The summed E-state index contributed by atoms with van der Waals surface area (Å²) in [5.41, 5.74) is 4.83. The zero-order chi connectivity index (χ0) is 10.7. The molecule has 0 amide bonds. The summed E-state index contributed by atoms with van der Waals surface area (Å²) in [5.74, 6) is -0.525. The van der Waals surface area contributed by atoms with Crippen molar-refractivity contribution >= 4 is 0 Å². The zero-order valence-corrected chi connectivity index (χ0v) is 7.50. The topological polar surface area (TPSA) is 68.4 Å². The highest BCUT2D eigenvalue weighted by molar-refractivity contribution is 5.45. The number of nitrogens with zero attached hydrogens (tertiary/aromatic N) is 1. The maximum Gasteiger partial charge on any atom is 0.265 e. The lowest BCUT2D eigenvalue weighted by Gasteiger charge is -2.10. The second kappa shape index (κ2) is 4.19. The van der Waals surface area contributed by atoms with Gasteiger partial charge in [0, 0.05) is 23.9 Å². The lowest BCUT2D eigenvalue weighted by molar-refractivity contribution is 0.149. The first-order valence-electron chi connectivity index (χ1n) is 3.84. The number of hydrogen-bond donors (Lipinski definition) is 2. The van der Waals surface area contributed by atoms with Gasteiger partial charge in [-0.05, 0) is 0 Å². The van der Waals surface area contributed by atoms with E-state index in [-0.39, 0.29) is 23.6 Å². The number of pyridine rings is 1. The van der Waals surface area contributed by atoms with Crippen LogP contribution in [0.25, 0.3) is 0 Å². The molecule has 1 rings (SSSR count). The number of methoxy groups -OCH3 is 1. The molecule has 0 saturated heterocycles. The van der Waals surface area contributed by atoms with Crippen LogP contribution in [0, 0.1) is 0 Å². The van der Waals surface area contributed by atoms with Gasteiger partial charge in [-0.25, -0.2) is 13.8 Å². The van der Waals surface area contributed by atoms with Crippen molar-refractivity contribution < 1.29 is 18.6 Å². The Bertz CT molecular complexity index is 331. The molecule has 0 unspecified atom stereocenters. The summed E-state index contributed by atoms with van der Waals surface area (Å²) < 4.78 is 29.4. The van der Waals surface area contributed by atoms with E-state index in [9.17, 15) is 13.9 Å². The van der Waals surface area contributed by atoms with Crippen molar-refractivity contribution in [3.05, 3.63) is 17.3 Å². The molecule has 78 valence electrons. The Hall–Kier alpha value is -1.43. The largest absolute Gasteiger partial charge is 0.503 e. The Labute approximate surface area is 79.3 Å². The third-order valence-corrected chi connectivity index (χ3v) is 1.79. The van der Waals surface area contributed by atoms with Crippen molar-refractivity contribution in [2.45, 2.75) is 13.0 Å². The minimum absolute atomic E-state index is 0.0353. The van der Waals surface area contributed by atoms with Gasteiger partial charge in [0.05, 0.1) is 7.11 Å². The fraction of sp³-hybridized carbons (Fsp3) is 0.375. The molecule has 0 saturated carbocycles. The number of ether oxygens (including phenoxy) is 1. The Balaban J connectivity index is 3.28. The molecular weight excluding hydrogens is 194 g/mol. The van der Waals surface area contributed by atoms with Crippen LogP contribution in [0.15, 0.2) is 6.20 Å². The number of nitrogens with two attached hydrogens (primary N) is 1. The zero-order valence-electron chi connectivity index (χ0n) is 7.50. The summed E-state index contributed by atoms with van der Waals surface area (Å²) in [5, 5.41) is 9.42. The van der Waals surface area contributed by atoms with Crippen LogP contribution in [0.4, 0.5) is 8.78 Å². The van der Waals surface area contributed by atoms with Gasteiger partial charge >= 0.3 is 0 Å². The van der Waals surface area contributed by atoms with E-state index in [4.69, 9.17) is 5.73 Å². The van der Waals surface area contributed by atoms with Gasteiger partial charge in [-0.3, -0.25) is 0 Å². The predicted molar refractivity (Wildman–Crippen MR) is 45.3 cm³/mol. The second-order valence-corrected chi connectivity index (χ2v) is 2.55. The molecular formula is C8H10F2N2O2. The van der Waals surface area contributed by atoms with Gasteiger partial charge in [0.2, 0.25) is 0 Å². The molecule has 6 heteroatoms. The van der Waals surface area contributed by atoms with E-state index in [2.05, 4.69) is 9.72 Å². The molecule has 1 heterocycles. The summed E-state index contributed by atoms with van der Waals surface area (Å²) in [6.45, 7) is -0.190. The molecule has 0 bridgehead atoms. The highest BCUT2D eigenvalue weighted by Gasteiger charge is 2.19. The van der Waals surface area contributed by atoms with Crippen LogP contribution in [0.1, 0.15) is 17.6 Å². The van der Waals surface area contributed by atoms with E-state index in [1.807, 2.05) is 0 Å². The summed E-state index contributed by atoms with van der Waals surface area (Å²) in [4.78, 5) is 3.52. The van der Waals surface area contributed by atoms with Gasteiger partial charge in [-0.1, -0.05) is 0 Å². The minimum Gasteiger partial charge on any atom is -0.503 e. The quantitative estimate of drug-likeness (QED) is 0.776. The normalized spacial score (nSPS) is 10.6. The summed E-state index contributed by atoms with van der Waals surface area (Å²) in [7, 11) is 1.28. The van der Waals surface area contributed by atoms with Gasteiger partial charge in [0.1, 0.15) is 0 Å². The van der Waals surface area contributed by atoms with E-state index >= 15 is 0 Å². The van der Waals surface area contributed by atoms with Crippen molar-refractivity contribution in [3.63, 3.8) is 0 Å². The van der Waals surface area contributed by atoms with Crippen LogP contribution in [0.2, 0.25) is 0 Å². The van der Waals surface area contributed by atoms with E-state index < -0.39 is 12.2 Å². The van der Waals surface area contributed by atoms with Crippen LogP contribution < -0.4 is 10.5 Å². The van der Waals surface area contributed by atoms with Crippen LogP contribution in [-0.4, -0.2) is 17.2 Å². The molecule has 0 radical (unpaired) electrons. The first-order chi connectivity index (χ1) is 6.61. The van der Waals surface area contributed by atoms with Crippen LogP contribution in [0.5, 0.6) is 11.6 Å². The third-order valence-electron chi connectivity index (χ3n) is 1.79. The number of alkyl halides is 2. The SMILES string of the molecule is COc1ncc(C(F)F)c(CN)c1O. The standard InChI is InChI=1S/C8H10F2N2O2/c1-14-8-6(13)4(2-11)5(3-12-8)7(9)10/h3,7,13H,2,11H2,1H3. The molecule has 14 heavy (non-hydrogen) atoms. The molecule has 0 aliphatic heterocycles. The fourth-order valence-electron chi connectivity index (χ4n) is 1.08. The smallest absolute Gasteiger partial charge is 0.265 e. The molecule has 4 nitrogen and oxygen atoms in total. The first kappa shape index (κ1) is 10.6. The average Bonchev–Trinajstić information content (AvgIpc) is 2.17. The van der Waals surface area contributed by atoms with E-state index in [0.717, 1.165) is 6.20 Å². The number of halogens is 2. The second-order valence-electron chi connectivity index (χ2n) is 2.55. The third kappa shape index (κ3) is 1.74. The van der Waals surface area contributed by atoms with Crippen molar-refractivity contribution in [1.29, 1.82) is 0 Å². The van der Waals surface area contributed by atoms with Crippen molar-refractivity contribution in [2.24, 2.45) is 5.73 Å². The Morgan fingerprint density at radius 3 is 2.71 bits per heavy atom. The van der Waals surface area contributed by atoms with Crippen LogP contribution >= 0.6 is 0 Å². The van der Waals surface area contributed by atoms with Crippen LogP contribution in [-0.2, 0) is 6.54 Å². The molecule has 0 aliphatic rings. The van der Waals surface area contributed by atoms with Crippen molar-refractivity contribution in [2.75, 3.05) is 7.11 Å². The van der Waals surface area contributed by atoms with Crippen molar-refractivity contribution in [1.82, 2.24) is 4.98 Å². The minimum atomic E-state index is -2.71. The van der Waals surface area contributed by atoms with Gasteiger partial charge < -0.3 is 15.6 Å². The van der Waals surface area contributed by atoms with Crippen molar-refractivity contribution in [3.8, 4) is 11.6 Å². The van der Waals surface area contributed by atoms with Gasteiger partial charge in [0.25, 0.3) is 12.3 Å². The van der Waals surface area contributed by atoms with E-state index in [0.29, 0.717) is 0 Å². The van der Waals surface area contributed by atoms with Gasteiger partial charge in [0.15, 0.2) is 5.75 Å². The highest BCUT2D eigenvalue weighted by atomic mass is 19.3. The molecule has 3 N–H and O–H groups in total. The number of hydrogen-bond acceptors (Lipinski definition) is 4. The number of rotatable bonds is 3. The lowest BCUT2D eigenvalue weighted by Crippen LogP contribution is -2.05. The summed E-state index contributed by atoms with van der Waals surface area (Å²) >= 11 is 0. The molecule has 0 fully saturated rings. The fourth-order valence-corrected chi connectivity index (χ4v) is 1.08. The molecule has 0 spiro atoms. The Morgan fingerprint density at radius 1 is 1.64 bits per heavy atom. The number of aromatic nitrogens is 1. The van der Waals surface area contributed by atoms with Gasteiger partial charge in [-0.15, -0.1) is 0 Å².